The topological polar surface area (TPSA) is 70.6 Å². The molecule has 98 valence electrons. The fraction of sp³-hybridized carbons (Fsp3) is 0.417. The highest BCUT2D eigenvalue weighted by atomic mass is 19.1. The molecule has 0 spiro atoms. The van der Waals surface area contributed by atoms with Crippen LogP contribution < -0.4 is 10.6 Å². The van der Waals surface area contributed by atoms with Crippen LogP contribution in [0.15, 0.2) is 24.3 Å². The Hall–Kier alpha value is -1.66. The van der Waals surface area contributed by atoms with Crippen molar-refractivity contribution in [3.8, 4) is 0 Å². The average Bonchev–Trinajstić information content (AvgIpc) is 2.77. The van der Waals surface area contributed by atoms with Gasteiger partial charge in [0.05, 0.1) is 18.8 Å². The van der Waals surface area contributed by atoms with E-state index in [4.69, 9.17) is 4.74 Å². The Morgan fingerprint density at radius 1 is 1.50 bits per heavy atom. The minimum Gasteiger partial charge on any atom is -0.386 e. The van der Waals surface area contributed by atoms with E-state index in [-0.39, 0.29) is 18.8 Å². The van der Waals surface area contributed by atoms with E-state index in [1.807, 2.05) is 0 Å². The Morgan fingerprint density at radius 3 is 2.94 bits per heavy atom. The molecule has 2 amide bonds. The van der Waals surface area contributed by atoms with Crippen LogP contribution >= 0.6 is 0 Å². The van der Waals surface area contributed by atoms with Crippen LogP contribution in [0.1, 0.15) is 6.42 Å². The largest absolute Gasteiger partial charge is 0.386 e. The van der Waals surface area contributed by atoms with E-state index >= 15 is 0 Å². The van der Waals surface area contributed by atoms with Crippen molar-refractivity contribution in [2.24, 2.45) is 0 Å². The van der Waals surface area contributed by atoms with Gasteiger partial charge in [0.25, 0.3) is 0 Å². The number of hydrogen-bond donors (Lipinski definition) is 3. The lowest BCUT2D eigenvalue weighted by molar-refractivity contribution is 0.0295. The number of nitrogens with one attached hydrogen (secondary N) is 2. The lowest BCUT2D eigenvalue weighted by Crippen LogP contribution is -2.44. The highest BCUT2D eigenvalue weighted by Gasteiger charge is 2.32. The monoisotopic (exact) mass is 254 g/mol. The highest BCUT2D eigenvalue weighted by molar-refractivity contribution is 5.89. The van der Waals surface area contributed by atoms with Crippen LogP contribution in [0.4, 0.5) is 14.9 Å². The molecule has 1 fully saturated rings. The molecule has 0 aliphatic carbocycles. The molecule has 6 heteroatoms. The van der Waals surface area contributed by atoms with Crippen LogP contribution in [0, 0.1) is 5.82 Å². The number of carbonyl (C=O) groups excluding carboxylic acids is 1. The van der Waals surface area contributed by atoms with E-state index in [0.717, 1.165) is 0 Å². The van der Waals surface area contributed by atoms with E-state index in [9.17, 15) is 14.3 Å². The lowest BCUT2D eigenvalue weighted by atomic mass is 10.0. The molecular weight excluding hydrogens is 239 g/mol. The number of rotatable bonds is 3. The number of para-hydroxylation sites is 1. The van der Waals surface area contributed by atoms with Gasteiger partial charge in [-0.05, 0) is 12.1 Å². The maximum absolute atomic E-state index is 13.3. The third kappa shape index (κ3) is 3.18. The number of anilines is 1. The van der Waals surface area contributed by atoms with Crippen LogP contribution in [0.3, 0.4) is 0 Å². The van der Waals surface area contributed by atoms with Gasteiger partial charge in [0.1, 0.15) is 11.4 Å². The number of hydrogen-bond acceptors (Lipinski definition) is 3. The molecule has 1 aliphatic heterocycles. The summed E-state index contributed by atoms with van der Waals surface area (Å²) in [6, 6.07) is 5.32. The smallest absolute Gasteiger partial charge is 0.319 e. The fourth-order valence-corrected chi connectivity index (χ4v) is 1.71. The zero-order valence-electron chi connectivity index (χ0n) is 9.78. The van der Waals surface area contributed by atoms with E-state index in [1.165, 1.54) is 18.2 Å². The van der Waals surface area contributed by atoms with E-state index in [2.05, 4.69) is 10.6 Å². The zero-order chi connectivity index (χ0) is 13.0. The Morgan fingerprint density at radius 2 is 2.28 bits per heavy atom. The Kier molecular flexibility index (Phi) is 3.78. The molecule has 5 nitrogen and oxygen atoms in total. The van der Waals surface area contributed by atoms with Crippen molar-refractivity contribution in [1.82, 2.24) is 5.32 Å². The summed E-state index contributed by atoms with van der Waals surface area (Å²) in [4.78, 5) is 11.5. The van der Waals surface area contributed by atoms with Crippen LogP contribution in [0.5, 0.6) is 0 Å². The number of benzene rings is 1. The lowest BCUT2D eigenvalue weighted by Gasteiger charge is -2.20. The molecule has 1 atom stereocenters. The number of aliphatic hydroxyl groups is 1. The van der Waals surface area contributed by atoms with Crippen molar-refractivity contribution in [3.63, 3.8) is 0 Å². The Balaban J connectivity index is 1.84. The number of halogens is 1. The summed E-state index contributed by atoms with van der Waals surface area (Å²) in [5.74, 6) is -0.504. The van der Waals surface area contributed by atoms with Gasteiger partial charge in [0.15, 0.2) is 0 Å². The second kappa shape index (κ2) is 5.32. The molecule has 18 heavy (non-hydrogen) atoms. The Labute approximate surface area is 104 Å². The van der Waals surface area contributed by atoms with Gasteiger partial charge in [-0.1, -0.05) is 12.1 Å². The van der Waals surface area contributed by atoms with Gasteiger partial charge in [0.2, 0.25) is 0 Å². The Bertz CT molecular complexity index is 433. The molecule has 0 saturated carbocycles. The number of carbonyl (C=O) groups is 1. The second-order valence-corrected chi connectivity index (χ2v) is 4.31. The second-order valence-electron chi connectivity index (χ2n) is 4.31. The molecular formula is C12H15FN2O3. The highest BCUT2D eigenvalue weighted by Crippen LogP contribution is 2.17. The molecule has 1 heterocycles. The maximum atomic E-state index is 13.3. The SMILES string of the molecule is O=C(NCC1(O)CCOC1)Nc1ccccc1F. The molecule has 1 unspecified atom stereocenters. The fourth-order valence-electron chi connectivity index (χ4n) is 1.71. The molecule has 0 radical (unpaired) electrons. The van der Waals surface area contributed by atoms with Gasteiger partial charge in [-0.2, -0.15) is 0 Å². The van der Waals surface area contributed by atoms with Crippen LogP contribution in [0.25, 0.3) is 0 Å². The summed E-state index contributed by atoms with van der Waals surface area (Å²) < 4.78 is 18.3. The van der Waals surface area contributed by atoms with Gasteiger partial charge in [-0.25, -0.2) is 9.18 Å². The molecule has 2 rings (SSSR count). The number of amides is 2. The third-order valence-corrected chi connectivity index (χ3v) is 2.78. The normalized spacial score (nSPS) is 22.8. The summed E-state index contributed by atoms with van der Waals surface area (Å²) >= 11 is 0. The van der Waals surface area contributed by atoms with E-state index in [0.29, 0.717) is 13.0 Å². The molecule has 1 aromatic carbocycles. The van der Waals surface area contributed by atoms with Gasteiger partial charge >= 0.3 is 6.03 Å². The molecule has 0 aromatic heterocycles. The molecule has 1 aromatic rings. The van der Waals surface area contributed by atoms with Gasteiger partial charge in [-0.3, -0.25) is 0 Å². The molecule has 1 saturated heterocycles. The predicted molar refractivity (Wildman–Crippen MR) is 63.8 cm³/mol. The summed E-state index contributed by atoms with van der Waals surface area (Å²) in [7, 11) is 0. The molecule has 0 bridgehead atoms. The summed E-state index contributed by atoms with van der Waals surface area (Å²) in [6.07, 6.45) is 0.479. The third-order valence-electron chi connectivity index (χ3n) is 2.78. The summed E-state index contributed by atoms with van der Waals surface area (Å²) in [6.45, 7) is 0.757. The number of urea groups is 1. The van der Waals surface area contributed by atoms with Crippen molar-refractivity contribution < 1.29 is 19.0 Å². The first kappa shape index (κ1) is 12.8. The molecule has 3 N–H and O–H groups in total. The number of ether oxygens (including phenoxy) is 1. The minimum absolute atomic E-state index is 0.0767. The van der Waals surface area contributed by atoms with Gasteiger partial charge in [0, 0.05) is 13.0 Å². The first-order chi connectivity index (χ1) is 8.59. The van der Waals surface area contributed by atoms with Crippen LogP contribution in [-0.4, -0.2) is 36.5 Å². The standard InChI is InChI=1S/C12H15FN2O3/c13-9-3-1-2-4-10(9)15-11(16)14-7-12(17)5-6-18-8-12/h1-4,17H,5-8H2,(H2,14,15,16). The first-order valence-corrected chi connectivity index (χ1v) is 5.69. The van der Waals surface area contributed by atoms with Crippen molar-refractivity contribution in [1.29, 1.82) is 0 Å². The predicted octanol–water partition coefficient (Wildman–Crippen LogP) is 1.10. The van der Waals surface area contributed by atoms with E-state index < -0.39 is 17.4 Å². The van der Waals surface area contributed by atoms with Gasteiger partial charge in [-0.15, -0.1) is 0 Å². The summed E-state index contributed by atoms with van der Waals surface area (Å²) in [5.41, 5.74) is -0.920. The minimum atomic E-state index is -1.02. The van der Waals surface area contributed by atoms with Crippen LogP contribution in [-0.2, 0) is 4.74 Å². The van der Waals surface area contributed by atoms with Crippen molar-refractivity contribution in [3.05, 3.63) is 30.1 Å². The van der Waals surface area contributed by atoms with Crippen molar-refractivity contribution in [2.45, 2.75) is 12.0 Å². The maximum Gasteiger partial charge on any atom is 0.319 e. The first-order valence-electron chi connectivity index (χ1n) is 5.69. The average molecular weight is 254 g/mol. The van der Waals surface area contributed by atoms with Crippen molar-refractivity contribution in [2.75, 3.05) is 25.1 Å². The molecule has 1 aliphatic rings. The quantitative estimate of drug-likeness (QED) is 0.756. The zero-order valence-corrected chi connectivity index (χ0v) is 9.78. The van der Waals surface area contributed by atoms with Crippen LogP contribution in [0.2, 0.25) is 0 Å². The summed E-state index contributed by atoms with van der Waals surface area (Å²) in [5, 5.41) is 14.8. The van der Waals surface area contributed by atoms with Crippen molar-refractivity contribution >= 4 is 11.7 Å². The van der Waals surface area contributed by atoms with E-state index in [1.54, 1.807) is 6.07 Å². The van der Waals surface area contributed by atoms with Gasteiger partial charge < -0.3 is 20.5 Å².